The second kappa shape index (κ2) is 7.90. The van der Waals surface area contributed by atoms with Crippen LogP contribution in [0.5, 0.6) is 5.88 Å². The van der Waals surface area contributed by atoms with Crippen LogP contribution in [-0.2, 0) is 0 Å². The molecule has 0 saturated carbocycles. The number of aliphatic hydroxyl groups is 2. The summed E-state index contributed by atoms with van der Waals surface area (Å²) < 4.78 is 5.31. The number of aromatic nitrogens is 2. The Morgan fingerprint density at radius 3 is 2.61 bits per heavy atom. The first-order valence-electron chi connectivity index (χ1n) is 8.45. The van der Waals surface area contributed by atoms with Crippen molar-refractivity contribution in [1.29, 1.82) is 0 Å². The van der Waals surface area contributed by atoms with Gasteiger partial charge in [0.1, 0.15) is 6.61 Å². The van der Waals surface area contributed by atoms with E-state index in [1.165, 1.54) is 12.8 Å². The lowest BCUT2D eigenvalue weighted by molar-refractivity contribution is 0.102. The van der Waals surface area contributed by atoms with Crippen LogP contribution in [0, 0.1) is 5.92 Å². The van der Waals surface area contributed by atoms with E-state index in [1.807, 2.05) is 0 Å². The summed E-state index contributed by atoms with van der Waals surface area (Å²) in [7, 11) is 0. The fraction of sp³-hybridized carbons (Fsp3) is 0.750. The summed E-state index contributed by atoms with van der Waals surface area (Å²) in [6, 6.07) is 0.592. The van der Waals surface area contributed by atoms with Crippen LogP contribution in [0.3, 0.4) is 0 Å². The number of hydrogen-bond acceptors (Lipinski definition) is 7. The molecule has 0 unspecified atom stereocenters. The summed E-state index contributed by atoms with van der Waals surface area (Å²) in [5.74, 6) is 2.00. The fourth-order valence-corrected chi connectivity index (χ4v) is 3.37. The Morgan fingerprint density at radius 1 is 1.13 bits per heavy atom. The highest BCUT2D eigenvalue weighted by atomic mass is 16.5. The van der Waals surface area contributed by atoms with E-state index in [2.05, 4.69) is 19.8 Å². The molecule has 3 heterocycles. The van der Waals surface area contributed by atoms with Gasteiger partial charge in [0.15, 0.2) is 5.82 Å². The molecule has 1 aromatic rings. The van der Waals surface area contributed by atoms with E-state index in [4.69, 9.17) is 14.9 Å². The molecule has 2 aliphatic heterocycles. The molecule has 0 atom stereocenters. The Bertz CT molecular complexity index is 488. The highest BCUT2D eigenvalue weighted by Crippen LogP contribution is 2.27. The maximum atomic E-state index is 9.03. The van der Waals surface area contributed by atoms with Crippen LogP contribution in [0.4, 0.5) is 5.82 Å². The van der Waals surface area contributed by atoms with Crippen molar-refractivity contribution in [2.75, 3.05) is 50.9 Å². The van der Waals surface area contributed by atoms with Gasteiger partial charge in [-0.25, -0.2) is 0 Å². The van der Waals surface area contributed by atoms with Crippen molar-refractivity contribution >= 4 is 5.82 Å². The molecule has 2 aliphatic rings. The number of nitrogens with zero attached hydrogens (tertiary/aromatic N) is 4. The summed E-state index contributed by atoms with van der Waals surface area (Å²) in [5.41, 5.74) is 0. The third-order valence-electron chi connectivity index (χ3n) is 4.83. The largest absolute Gasteiger partial charge is 0.474 e. The first-order valence-corrected chi connectivity index (χ1v) is 8.45. The van der Waals surface area contributed by atoms with Gasteiger partial charge in [-0.15, -0.1) is 0 Å². The highest BCUT2D eigenvalue weighted by Gasteiger charge is 2.34. The van der Waals surface area contributed by atoms with Gasteiger partial charge < -0.3 is 19.8 Å². The molecule has 128 valence electrons. The van der Waals surface area contributed by atoms with Crippen LogP contribution in [0.2, 0.25) is 0 Å². The predicted molar refractivity (Wildman–Crippen MR) is 86.6 cm³/mol. The van der Waals surface area contributed by atoms with Crippen LogP contribution < -0.4 is 9.64 Å². The van der Waals surface area contributed by atoms with Crippen LogP contribution in [0.25, 0.3) is 0 Å². The van der Waals surface area contributed by atoms with Crippen molar-refractivity contribution in [3.8, 4) is 5.88 Å². The lowest BCUT2D eigenvalue weighted by atomic mass is 9.92. The molecule has 23 heavy (non-hydrogen) atoms. The van der Waals surface area contributed by atoms with E-state index in [-0.39, 0.29) is 13.2 Å². The molecular formula is C16H26N4O3. The summed E-state index contributed by atoms with van der Waals surface area (Å²) >= 11 is 0. The molecule has 2 saturated heterocycles. The van der Waals surface area contributed by atoms with Crippen molar-refractivity contribution in [2.24, 2.45) is 5.92 Å². The first kappa shape index (κ1) is 16.4. The lowest BCUT2D eigenvalue weighted by Gasteiger charge is -2.48. The Hall–Kier alpha value is -1.44. The van der Waals surface area contributed by atoms with E-state index in [9.17, 15) is 0 Å². The molecule has 1 aromatic heterocycles. The molecule has 2 fully saturated rings. The minimum absolute atomic E-state index is 0.0239. The number of aliphatic hydroxyl groups excluding tert-OH is 2. The summed E-state index contributed by atoms with van der Waals surface area (Å²) in [5, 5.41) is 17.8. The molecule has 7 heteroatoms. The number of rotatable bonds is 7. The number of piperidine rings is 1. The van der Waals surface area contributed by atoms with Crippen molar-refractivity contribution < 1.29 is 14.9 Å². The lowest BCUT2D eigenvalue weighted by Crippen LogP contribution is -2.61. The topological polar surface area (TPSA) is 82.0 Å². The van der Waals surface area contributed by atoms with Crippen LogP contribution in [0.1, 0.15) is 19.3 Å². The minimum atomic E-state index is -0.0239. The molecule has 0 amide bonds. The minimum Gasteiger partial charge on any atom is -0.474 e. The van der Waals surface area contributed by atoms with Gasteiger partial charge in [0.05, 0.1) is 19.0 Å². The molecule has 0 aliphatic carbocycles. The molecule has 0 radical (unpaired) electrons. The molecule has 0 spiro atoms. The van der Waals surface area contributed by atoms with E-state index in [1.54, 1.807) is 12.4 Å². The normalized spacial score (nSPS) is 20.5. The fourth-order valence-electron chi connectivity index (χ4n) is 3.37. The zero-order valence-electron chi connectivity index (χ0n) is 13.5. The van der Waals surface area contributed by atoms with Crippen molar-refractivity contribution in [3.63, 3.8) is 0 Å². The monoisotopic (exact) mass is 322 g/mol. The van der Waals surface area contributed by atoms with Crippen LogP contribution >= 0.6 is 0 Å². The van der Waals surface area contributed by atoms with Crippen LogP contribution in [0.15, 0.2) is 12.4 Å². The Kier molecular flexibility index (Phi) is 5.64. The zero-order valence-corrected chi connectivity index (χ0v) is 13.5. The smallest absolute Gasteiger partial charge is 0.234 e. The second-order valence-electron chi connectivity index (χ2n) is 6.34. The van der Waals surface area contributed by atoms with E-state index >= 15 is 0 Å². The average Bonchev–Trinajstić information content (AvgIpc) is 2.54. The first-order chi connectivity index (χ1) is 11.3. The third-order valence-corrected chi connectivity index (χ3v) is 4.83. The van der Waals surface area contributed by atoms with Gasteiger partial charge in [0.25, 0.3) is 0 Å². The molecule has 3 rings (SSSR count). The maximum absolute atomic E-state index is 9.03. The SMILES string of the molecule is OCCOc1cncc(N2CC(N3CCC(CCO)CC3)C2)n1. The average molecular weight is 322 g/mol. The van der Waals surface area contributed by atoms with Gasteiger partial charge in [-0.05, 0) is 38.3 Å². The molecule has 0 bridgehead atoms. The Labute approximate surface area is 136 Å². The highest BCUT2D eigenvalue weighted by molar-refractivity contribution is 5.41. The van der Waals surface area contributed by atoms with Gasteiger partial charge in [-0.2, -0.15) is 4.98 Å². The Balaban J connectivity index is 1.46. The van der Waals surface area contributed by atoms with Gasteiger partial charge >= 0.3 is 0 Å². The molecule has 7 nitrogen and oxygen atoms in total. The third kappa shape index (κ3) is 4.10. The van der Waals surface area contributed by atoms with E-state index in [0.717, 1.165) is 38.4 Å². The molecule has 0 aromatic carbocycles. The molecular weight excluding hydrogens is 296 g/mol. The summed E-state index contributed by atoms with van der Waals surface area (Å²) in [6.45, 7) is 4.75. The van der Waals surface area contributed by atoms with Crippen molar-refractivity contribution in [2.45, 2.75) is 25.3 Å². The van der Waals surface area contributed by atoms with Gasteiger partial charge in [-0.3, -0.25) is 9.88 Å². The second-order valence-corrected chi connectivity index (χ2v) is 6.34. The zero-order chi connectivity index (χ0) is 16.1. The van der Waals surface area contributed by atoms with Gasteiger partial charge in [0, 0.05) is 25.7 Å². The maximum Gasteiger partial charge on any atom is 0.234 e. The predicted octanol–water partition coefficient (Wildman–Crippen LogP) is 0.131. The standard InChI is InChI=1S/C16H26N4O3/c21-6-3-13-1-4-19(5-2-13)14-11-20(12-14)15-9-17-10-16(18-15)23-8-7-22/h9-10,13-14,21-22H,1-8,11-12H2. The summed E-state index contributed by atoms with van der Waals surface area (Å²) in [4.78, 5) is 13.4. The number of ether oxygens (including phenoxy) is 1. The number of anilines is 1. The van der Waals surface area contributed by atoms with Gasteiger partial charge in [0.2, 0.25) is 5.88 Å². The van der Waals surface area contributed by atoms with Crippen molar-refractivity contribution in [3.05, 3.63) is 12.4 Å². The van der Waals surface area contributed by atoms with E-state index < -0.39 is 0 Å². The number of hydrogen-bond donors (Lipinski definition) is 2. The Morgan fingerprint density at radius 2 is 1.91 bits per heavy atom. The van der Waals surface area contributed by atoms with Crippen molar-refractivity contribution in [1.82, 2.24) is 14.9 Å². The van der Waals surface area contributed by atoms with Gasteiger partial charge in [-0.1, -0.05) is 0 Å². The van der Waals surface area contributed by atoms with E-state index in [0.29, 0.717) is 24.4 Å². The summed E-state index contributed by atoms with van der Waals surface area (Å²) in [6.07, 6.45) is 6.67. The quantitative estimate of drug-likeness (QED) is 0.738. The number of likely N-dealkylation sites (tertiary alicyclic amines) is 1. The van der Waals surface area contributed by atoms with Crippen LogP contribution in [-0.4, -0.2) is 77.1 Å². The molecule has 2 N–H and O–H groups in total.